The summed E-state index contributed by atoms with van der Waals surface area (Å²) >= 11 is 0.980. The quantitative estimate of drug-likeness (QED) is 0.759. The van der Waals surface area contributed by atoms with Gasteiger partial charge < -0.3 is 11.1 Å². The first kappa shape index (κ1) is 16.6. The Labute approximate surface area is 142 Å². The molecule has 1 saturated carbocycles. The van der Waals surface area contributed by atoms with E-state index < -0.39 is 5.91 Å². The number of anilines is 1. The van der Waals surface area contributed by atoms with E-state index in [1.165, 1.54) is 11.1 Å². The Balaban J connectivity index is 1.55. The molecule has 2 atom stereocenters. The first-order chi connectivity index (χ1) is 11.5. The number of nitrogens with two attached hydrogens (primary N) is 1. The molecule has 1 aliphatic heterocycles. The van der Waals surface area contributed by atoms with Gasteiger partial charge in [0.25, 0.3) is 5.91 Å². The maximum atomic E-state index is 12.3. The van der Waals surface area contributed by atoms with E-state index in [1.807, 2.05) is 0 Å². The van der Waals surface area contributed by atoms with Crippen molar-refractivity contribution in [1.29, 1.82) is 0 Å². The van der Waals surface area contributed by atoms with Crippen molar-refractivity contribution in [3.05, 3.63) is 11.1 Å². The topological polar surface area (TPSA) is 122 Å². The third-order valence-corrected chi connectivity index (χ3v) is 5.42. The molecular formula is C15H18N4O4S. The van der Waals surface area contributed by atoms with Gasteiger partial charge in [-0.25, -0.2) is 4.98 Å². The largest absolute Gasteiger partial charge is 0.365 e. The zero-order valence-corrected chi connectivity index (χ0v) is 13.8. The van der Waals surface area contributed by atoms with Crippen molar-refractivity contribution in [2.75, 3.05) is 11.9 Å². The Morgan fingerprint density at radius 2 is 1.88 bits per heavy atom. The van der Waals surface area contributed by atoms with Crippen molar-refractivity contribution in [2.24, 2.45) is 17.6 Å². The van der Waals surface area contributed by atoms with Crippen LogP contribution in [0.2, 0.25) is 0 Å². The van der Waals surface area contributed by atoms with E-state index in [1.54, 1.807) is 0 Å². The van der Waals surface area contributed by atoms with Gasteiger partial charge in [0.05, 0.1) is 18.0 Å². The van der Waals surface area contributed by atoms with Crippen molar-refractivity contribution in [2.45, 2.75) is 32.1 Å². The van der Waals surface area contributed by atoms with Gasteiger partial charge in [-0.15, -0.1) is 0 Å². The molecular weight excluding hydrogens is 332 g/mol. The lowest BCUT2D eigenvalue weighted by Gasteiger charge is -2.19. The highest BCUT2D eigenvalue weighted by Crippen LogP contribution is 2.37. The molecule has 24 heavy (non-hydrogen) atoms. The molecule has 4 amide bonds. The van der Waals surface area contributed by atoms with Gasteiger partial charge in [-0.05, 0) is 12.8 Å². The number of carbonyl (C=O) groups is 4. The van der Waals surface area contributed by atoms with E-state index in [9.17, 15) is 19.2 Å². The minimum atomic E-state index is -0.608. The van der Waals surface area contributed by atoms with Crippen LogP contribution in [0.3, 0.4) is 0 Å². The molecule has 2 heterocycles. The monoisotopic (exact) mass is 350 g/mol. The highest BCUT2D eigenvalue weighted by atomic mass is 32.1. The maximum absolute atomic E-state index is 12.3. The van der Waals surface area contributed by atoms with Gasteiger partial charge in [0.15, 0.2) is 5.13 Å². The van der Waals surface area contributed by atoms with E-state index in [0.29, 0.717) is 0 Å². The van der Waals surface area contributed by atoms with Crippen LogP contribution >= 0.6 is 11.3 Å². The molecule has 2 aliphatic rings. The van der Waals surface area contributed by atoms with Gasteiger partial charge in [0.1, 0.15) is 4.88 Å². The highest BCUT2D eigenvalue weighted by molar-refractivity contribution is 7.17. The van der Waals surface area contributed by atoms with Crippen molar-refractivity contribution in [3.63, 3.8) is 0 Å². The molecule has 3 rings (SSSR count). The number of thiazole rings is 1. The second-order valence-electron chi connectivity index (χ2n) is 6.02. The second-order valence-corrected chi connectivity index (χ2v) is 7.05. The van der Waals surface area contributed by atoms with Crippen LogP contribution in [0.5, 0.6) is 0 Å². The lowest BCUT2D eigenvalue weighted by molar-refractivity contribution is -0.140. The minimum Gasteiger partial charge on any atom is -0.365 e. The Bertz CT molecular complexity index is 677. The molecule has 0 bridgehead atoms. The molecule has 0 unspecified atom stereocenters. The fourth-order valence-corrected chi connectivity index (χ4v) is 3.98. The number of hydrogen-bond acceptors (Lipinski definition) is 6. The molecule has 1 aromatic rings. The Kier molecular flexibility index (Phi) is 4.61. The smallest absolute Gasteiger partial charge is 0.260 e. The Morgan fingerprint density at radius 1 is 1.25 bits per heavy atom. The molecule has 2 fully saturated rings. The molecule has 1 saturated heterocycles. The normalized spacial score (nSPS) is 23.2. The van der Waals surface area contributed by atoms with Gasteiger partial charge in [0.2, 0.25) is 17.7 Å². The zero-order valence-electron chi connectivity index (χ0n) is 13.0. The number of hydrogen-bond donors (Lipinski definition) is 2. The van der Waals surface area contributed by atoms with Gasteiger partial charge in [-0.3, -0.25) is 24.1 Å². The summed E-state index contributed by atoms with van der Waals surface area (Å²) in [4.78, 5) is 52.9. The fraction of sp³-hybridized carbons (Fsp3) is 0.533. The average Bonchev–Trinajstić information content (AvgIpc) is 3.11. The molecule has 0 spiro atoms. The van der Waals surface area contributed by atoms with E-state index >= 15 is 0 Å². The molecule has 9 heteroatoms. The van der Waals surface area contributed by atoms with Crippen LogP contribution in [0.15, 0.2) is 6.20 Å². The Morgan fingerprint density at radius 3 is 2.42 bits per heavy atom. The molecule has 1 aliphatic carbocycles. The summed E-state index contributed by atoms with van der Waals surface area (Å²) in [5, 5.41) is 2.81. The van der Waals surface area contributed by atoms with Crippen molar-refractivity contribution < 1.29 is 19.2 Å². The van der Waals surface area contributed by atoms with E-state index in [0.717, 1.165) is 37.0 Å². The summed E-state index contributed by atoms with van der Waals surface area (Å²) in [6.45, 7) is 0.0740. The zero-order chi connectivity index (χ0) is 17.3. The number of aromatic nitrogens is 1. The lowest BCUT2D eigenvalue weighted by Crippen LogP contribution is -2.34. The van der Waals surface area contributed by atoms with Gasteiger partial charge in [0, 0.05) is 13.0 Å². The predicted molar refractivity (Wildman–Crippen MR) is 86.0 cm³/mol. The van der Waals surface area contributed by atoms with Crippen LogP contribution in [-0.2, 0) is 14.4 Å². The summed E-state index contributed by atoms with van der Waals surface area (Å²) in [6.07, 6.45) is 4.75. The minimum absolute atomic E-state index is 0.00239. The molecule has 128 valence electrons. The summed E-state index contributed by atoms with van der Waals surface area (Å²) in [6, 6.07) is 0. The molecule has 0 aromatic carbocycles. The van der Waals surface area contributed by atoms with Gasteiger partial charge in [-0.2, -0.15) is 0 Å². The van der Waals surface area contributed by atoms with Gasteiger partial charge in [-0.1, -0.05) is 24.2 Å². The summed E-state index contributed by atoms with van der Waals surface area (Å²) in [5.41, 5.74) is 5.12. The highest BCUT2D eigenvalue weighted by Gasteiger charge is 2.47. The standard InChI is InChI=1S/C15H18N4O4S/c16-12(21)10-7-17-15(24-10)18-11(20)5-6-19-13(22)8-3-1-2-4-9(8)14(19)23/h7-9H,1-6H2,(H2,16,21)(H,17,18,20)/t8-,9+. The molecule has 1 aromatic heterocycles. The van der Waals surface area contributed by atoms with Crippen molar-refractivity contribution in [3.8, 4) is 0 Å². The number of nitrogens with one attached hydrogen (secondary N) is 1. The first-order valence-corrected chi connectivity index (χ1v) is 8.69. The van der Waals surface area contributed by atoms with Crippen molar-refractivity contribution >= 4 is 40.1 Å². The van der Waals surface area contributed by atoms with Crippen LogP contribution in [0.25, 0.3) is 0 Å². The van der Waals surface area contributed by atoms with Crippen LogP contribution in [0, 0.1) is 11.8 Å². The van der Waals surface area contributed by atoms with Crippen LogP contribution < -0.4 is 11.1 Å². The summed E-state index contributed by atoms with van der Waals surface area (Å²) in [5.74, 6) is -1.68. The number of nitrogens with zero attached hydrogens (tertiary/aromatic N) is 2. The van der Waals surface area contributed by atoms with Crippen LogP contribution in [-0.4, -0.2) is 40.1 Å². The van der Waals surface area contributed by atoms with Gasteiger partial charge >= 0.3 is 0 Å². The SMILES string of the molecule is NC(=O)c1cnc(NC(=O)CCN2C(=O)[C@H]3CCCC[C@H]3C2=O)s1. The maximum Gasteiger partial charge on any atom is 0.260 e. The van der Waals surface area contributed by atoms with E-state index in [4.69, 9.17) is 5.73 Å². The number of imide groups is 1. The van der Waals surface area contributed by atoms with Crippen LogP contribution in [0.4, 0.5) is 5.13 Å². The van der Waals surface area contributed by atoms with E-state index in [-0.39, 0.29) is 52.5 Å². The number of carbonyl (C=O) groups excluding carboxylic acids is 4. The molecule has 0 radical (unpaired) electrons. The summed E-state index contributed by atoms with van der Waals surface area (Å²) in [7, 11) is 0. The van der Waals surface area contributed by atoms with Crippen LogP contribution in [0.1, 0.15) is 41.8 Å². The summed E-state index contributed by atoms with van der Waals surface area (Å²) < 4.78 is 0. The second kappa shape index (κ2) is 6.68. The third kappa shape index (κ3) is 3.16. The predicted octanol–water partition coefficient (Wildman–Crippen LogP) is 0.746. The fourth-order valence-electron chi connectivity index (χ4n) is 3.29. The first-order valence-electron chi connectivity index (χ1n) is 7.88. The third-order valence-electron chi connectivity index (χ3n) is 4.49. The Hall–Kier alpha value is -2.29. The number of primary amides is 1. The van der Waals surface area contributed by atoms with E-state index in [2.05, 4.69) is 10.3 Å². The number of fused-ring (bicyclic) bond motifs is 1. The lowest BCUT2D eigenvalue weighted by atomic mass is 9.81. The van der Waals surface area contributed by atoms with Crippen molar-refractivity contribution in [1.82, 2.24) is 9.88 Å². The number of rotatable bonds is 5. The molecule has 3 N–H and O–H groups in total. The number of likely N-dealkylation sites (tertiary alicyclic amines) is 1. The molecule has 8 nitrogen and oxygen atoms in total. The average molecular weight is 350 g/mol. The number of amides is 4.